The van der Waals surface area contributed by atoms with Crippen LogP contribution in [0.2, 0.25) is 0 Å². The third kappa shape index (κ3) is 6.31. The zero-order valence-electron chi connectivity index (χ0n) is 25.7. The van der Waals surface area contributed by atoms with Crippen molar-refractivity contribution < 1.29 is 19.7 Å². The van der Waals surface area contributed by atoms with Gasteiger partial charge < -0.3 is 14.9 Å². The molecule has 4 aliphatic rings. The normalized spacial score (nSPS) is 34.4. The maximum atomic E-state index is 12.7. The molecule has 0 amide bonds. The Balaban J connectivity index is 1.28. The molecule has 4 saturated carbocycles. The predicted octanol–water partition coefficient (Wildman–Crippen LogP) is 7.75. The first-order chi connectivity index (χ1) is 19.6. The Hall–Kier alpha value is -1.76. The molecule has 4 aliphatic carbocycles. The Labute approximate surface area is 251 Å². The van der Waals surface area contributed by atoms with E-state index in [4.69, 9.17) is 9.72 Å². The van der Waals surface area contributed by atoms with Crippen LogP contribution in [0.1, 0.15) is 115 Å². The number of aryl methyl sites for hydroxylation is 1. The fraction of sp³-hybridized carbons (Fsp3) is 0.714. The van der Waals surface area contributed by atoms with E-state index in [1.165, 1.54) is 31.3 Å². The van der Waals surface area contributed by atoms with Crippen LogP contribution in [0.15, 0.2) is 40.8 Å². The number of aliphatic hydroxyl groups excluding tert-OH is 2. The van der Waals surface area contributed by atoms with Crippen molar-refractivity contribution in [1.82, 2.24) is 4.98 Å². The summed E-state index contributed by atoms with van der Waals surface area (Å²) in [5.41, 5.74) is 4.55. The van der Waals surface area contributed by atoms with Crippen LogP contribution in [0.25, 0.3) is 0 Å². The van der Waals surface area contributed by atoms with Gasteiger partial charge >= 0.3 is 5.97 Å². The van der Waals surface area contributed by atoms with Crippen LogP contribution < -0.4 is 0 Å². The second kappa shape index (κ2) is 12.5. The van der Waals surface area contributed by atoms with Gasteiger partial charge in [0.25, 0.3) is 0 Å². The lowest BCUT2D eigenvalue weighted by Crippen LogP contribution is -2.37. The number of hydrogen-bond acceptors (Lipinski definition) is 6. The van der Waals surface area contributed by atoms with E-state index in [1.54, 1.807) is 11.3 Å². The minimum Gasteiger partial charge on any atom is -0.461 e. The van der Waals surface area contributed by atoms with Crippen molar-refractivity contribution in [3.63, 3.8) is 0 Å². The highest BCUT2D eigenvalue weighted by atomic mass is 32.1. The summed E-state index contributed by atoms with van der Waals surface area (Å²) in [6.45, 7) is 13.2. The van der Waals surface area contributed by atoms with Gasteiger partial charge in [-0.1, -0.05) is 45.1 Å². The van der Waals surface area contributed by atoms with Gasteiger partial charge in [-0.05, 0) is 112 Å². The number of esters is 1. The molecule has 7 atom stereocenters. The van der Waals surface area contributed by atoms with E-state index < -0.39 is 12.2 Å². The molecule has 4 fully saturated rings. The lowest BCUT2D eigenvalue weighted by Gasteiger charge is -2.44. The Morgan fingerprint density at radius 1 is 1.24 bits per heavy atom. The second-order valence-corrected chi connectivity index (χ2v) is 14.8. The number of carbonyl (C=O) groups excluding carboxylic acids is 1. The summed E-state index contributed by atoms with van der Waals surface area (Å²) in [5.74, 6) is 1.74. The number of fused-ring (bicyclic) bond motifs is 1. The second-order valence-electron chi connectivity index (χ2n) is 13.9. The summed E-state index contributed by atoms with van der Waals surface area (Å²) in [6, 6.07) is 0. The van der Waals surface area contributed by atoms with Gasteiger partial charge in [0, 0.05) is 23.9 Å². The van der Waals surface area contributed by atoms with E-state index in [1.807, 2.05) is 6.92 Å². The van der Waals surface area contributed by atoms with Gasteiger partial charge in [0.2, 0.25) is 0 Å². The molecule has 0 saturated heterocycles. The van der Waals surface area contributed by atoms with Crippen molar-refractivity contribution >= 4 is 17.3 Å². The highest BCUT2D eigenvalue weighted by Gasteiger charge is 2.55. The molecule has 0 spiro atoms. The Bertz CT molecular complexity index is 1180. The zero-order valence-corrected chi connectivity index (χ0v) is 26.5. The van der Waals surface area contributed by atoms with E-state index >= 15 is 0 Å². The summed E-state index contributed by atoms with van der Waals surface area (Å²) in [4.78, 5) is 17.5. The van der Waals surface area contributed by atoms with Crippen molar-refractivity contribution in [2.45, 2.75) is 135 Å². The average Bonchev–Trinajstić information content (AvgIpc) is 3.48. The summed E-state index contributed by atoms with van der Waals surface area (Å²) in [5, 5.41) is 23.7. The van der Waals surface area contributed by atoms with Crippen LogP contribution in [0.3, 0.4) is 0 Å². The fourth-order valence-corrected chi connectivity index (χ4v) is 9.66. The number of ether oxygens (including phenoxy) is 1. The first-order valence-electron chi connectivity index (χ1n) is 16.1. The standard InChI is InChI=1S/C35H51NO4S/c1-6-8-32(39)40-31(35(17-18-35)33-36-23(3)21-41-33)15-10-22(2)28-13-14-29-25(9-7-16-34(28,29)5)11-12-26-19-27(37)20-30(38)24(26)4/h11-12,21-22,27-31,37-38H,4,6-10,13-20H2,1-3,5H3/b25-11+,26-12-/t22-,27-,28-,29+,30+,31-,34-/m1/s1. The van der Waals surface area contributed by atoms with E-state index in [0.717, 1.165) is 60.4 Å². The Morgan fingerprint density at radius 2 is 2.02 bits per heavy atom. The van der Waals surface area contributed by atoms with Crippen molar-refractivity contribution in [3.05, 3.63) is 51.5 Å². The monoisotopic (exact) mass is 581 g/mol. The van der Waals surface area contributed by atoms with Crippen LogP contribution in [0.4, 0.5) is 0 Å². The SMILES string of the molecule is C=C1/C(=C\C=C2/CCC[C@]3(C)[C@@H]([C@H](C)CC[C@@H](OC(=O)CCC)C4(c5nc(C)cs5)CC4)CC[C@@H]23)C[C@@H](O)C[C@@H]1O. The number of thiazole rings is 1. The van der Waals surface area contributed by atoms with E-state index in [2.05, 4.69) is 44.9 Å². The minimum atomic E-state index is -0.642. The third-order valence-electron chi connectivity index (χ3n) is 11.1. The molecule has 1 aromatic rings. The molecule has 5 nitrogen and oxygen atoms in total. The molecule has 5 rings (SSSR count). The lowest BCUT2D eigenvalue weighted by molar-refractivity contribution is -0.151. The molecular formula is C35H51NO4S. The van der Waals surface area contributed by atoms with E-state index in [0.29, 0.717) is 37.0 Å². The topological polar surface area (TPSA) is 79.7 Å². The van der Waals surface area contributed by atoms with E-state index in [9.17, 15) is 15.0 Å². The number of carbonyl (C=O) groups is 1. The Morgan fingerprint density at radius 3 is 2.71 bits per heavy atom. The lowest BCUT2D eigenvalue weighted by atomic mass is 9.60. The number of aromatic nitrogens is 1. The first-order valence-corrected chi connectivity index (χ1v) is 17.0. The number of rotatable bonds is 10. The maximum absolute atomic E-state index is 12.7. The van der Waals surface area contributed by atoms with Crippen LogP contribution >= 0.6 is 11.3 Å². The van der Waals surface area contributed by atoms with Crippen molar-refractivity contribution in [2.75, 3.05) is 0 Å². The molecule has 41 heavy (non-hydrogen) atoms. The minimum absolute atomic E-state index is 0.0607. The summed E-state index contributed by atoms with van der Waals surface area (Å²) in [7, 11) is 0. The first kappa shape index (κ1) is 30.7. The quantitative estimate of drug-likeness (QED) is 0.276. The summed E-state index contributed by atoms with van der Waals surface area (Å²) in [6.07, 6.45) is 15.7. The molecule has 226 valence electrons. The summed E-state index contributed by atoms with van der Waals surface area (Å²) >= 11 is 1.73. The van der Waals surface area contributed by atoms with Crippen LogP contribution in [0, 0.1) is 30.1 Å². The predicted molar refractivity (Wildman–Crippen MR) is 166 cm³/mol. The molecule has 0 aromatic carbocycles. The van der Waals surface area contributed by atoms with Crippen molar-refractivity contribution in [1.29, 1.82) is 0 Å². The molecule has 0 bridgehead atoms. The Kier molecular flexibility index (Phi) is 9.33. The molecule has 6 heteroatoms. The smallest absolute Gasteiger partial charge is 0.306 e. The van der Waals surface area contributed by atoms with Crippen LogP contribution in [-0.4, -0.2) is 39.5 Å². The van der Waals surface area contributed by atoms with Gasteiger partial charge in [0.1, 0.15) is 11.1 Å². The van der Waals surface area contributed by atoms with Gasteiger partial charge in [0.05, 0.1) is 17.6 Å². The van der Waals surface area contributed by atoms with Crippen LogP contribution in [-0.2, 0) is 14.9 Å². The molecule has 0 unspecified atom stereocenters. The molecule has 2 N–H and O–H groups in total. The van der Waals surface area contributed by atoms with Gasteiger partial charge in [-0.3, -0.25) is 4.79 Å². The fourth-order valence-electron chi connectivity index (χ4n) is 8.56. The molecule has 1 aromatic heterocycles. The number of allylic oxidation sites excluding steroid dienone is 3. The average molecular weight is 582 g/mol. The summed E-state index contributed by atoms with van der Waals surface area (Å²) < 4.78 is 6.23. The zero-order chi connectivity index (χ0) is 29.4. The molecular weight excluding hydrogens is 530 g/mol. The van der Waals surface area contributed by atoms with Crippen molar-refractivity contribution in [3.8, 4) is 0 Å². The molecule has 0 aliphatic heterocycles. The number of nitrogens with zero attached hydrogens (tertiary/aromatic N) is 1. The highest BCUT2D eigenvalue weighted by Crippen LogP contribution is 2.60. The maximum Gasteiger partial charge on any atom is 0.306 e. The van der Waals surface area contributed by atoms with Crippen molar-refractivity contribution in [2.24, 2.45) is 23.2 Å². The van der Waals surface area contributed by atoms with Gasteiger partial charge in [0.15, 0.2) is 0 Å². The van der Waals surface area contributed by atoms with Gasteiger partial charge in [-0.2, -0.15) is 0 Å². The van der Waals surface area contributed by atoms with Gasteiger partial charge in [-0.15, -0.1) is 11.3 Å². The molecule has 0 radical (unpaired) electrons. The molecule has 1 heterocycles. The highest BCUT2D eigenvalue weighted by molar-refractivity contribution is 7.09. The third-order valence-corrected chi connectivity index (χ3v) is 12.2. The number of aliphatic hydroxyl groups is 2. The number of hydrogen-bond donors (Lipinski definition) is 2. The largest absolute Gasteiger partial charge is 0.461 e. The van der Waals surface area contributed by atoms with E-state index in [-0.39, 0.29) is 22.9 Å². The van der Waals surface area contributed by atoms with Gasteiger partial charge in [-0.25, -0.2) is 4.98 Å². The van der Waals surface area contributed by atoms with Crippen LogP contribution in [0.5, 0.6) is 0 Å².